The third-order valence-electron chi connectivity index (χ3n) is 4.49. The third-order valence-corrected chi connectivity index (χ3v) is 4.49. The molecule has 1 heterocycles. The molecule has 0 radical (unpaired) electrons. The molecule has 26 heavy (non-hydrogen) atoms. The normalized spacial score (nSPS) is 19.5. The van der Waals surface area contributed by atoms with Gasteiger partial charge in [-0.05, 0) is 25.3 Å². The number of imide groups is 1. The van der Waals surface area contributed by atoms with E-state index in [9.17, 15) is 29.3 Å². The molecule has 0 saturated heterocycles. The lowest BCUT2D eigenvalue weighted by Gasteiger charge is -2.21. The van der Waals surface area contributed by atoms with Gasteiger partial charge in [-0.3, -0.25) is 34.2 Å². The first kappa shape index (κ1) is 17.7. The molecule has 1 aliphatic heterocycles. The summed E-state index contributed by atoms with van der Waals surface area (Å²) in [6.45, 7) is -0.261. The molecule has 0 spiro atoms. The van der Waals surface area contributed by atoms with Crippen LogP contribution in [0.3, 0.4) is 0 Å². The van der Waals surface area contributed by atoms with Crippen LogP contribution in [0.25, 0.3) is 0 Å². The topological polar surface area (TPSA) is 124 Å². The van der Waals surface area contributed by atoms with E-state index < -0.39 is 34.5 Å². The largest absolute Gasteiger partial charge is 0.454 e. The highest BCUT2D eigenvalue weighted by Crippen LogP contribution is 2.30. The second-order valence-corrected chi connectivity index (χ2v) is 6.16. The van der Waals surface area contributed by atoms with Crippen molar-refractivity contribution in [1.29, 1.82) is 0 Å². The number of hydrogen-bond acceptors (Lipinski definition) is 7. The highest BCUT2D eigenvalue weighted by Gasteiger charge is 2.41. The first-order valence-electron chi connectivity index (χ1n) is 8.26. The summed E-state index contributed by atoms with van der Waals surface area (Å²) in [5.41, 5.74) is -0.767. The average molecular weight is 360 g/mol. The Kier molecular flexibility index (Phi) is 4.79. The monoisotopic (exact) mass is 360 g/mol. The zero-order valence-electron chi connectivity index (χ0n) is 13.8. The molecule has 2 aliphatic rings. The molecule has 1 aliphatic carbocycles. The Morgan fingerprint density at radius 2 is 2.00 bits per heavy atom. The predicted molar refractivity (Wildman–Crippen MR) is 86.4 cm³/mol. The fourth-order valence-electron chi connectivity index (χ4n) is 3.17. The van der Waals surface area contributed by atoms with Gasteiger partial charge in [0.2, 0.25) is 0 Å². The van der Waals surface area contributed by atoms with Crippen molar-refractivity contribution >= 4 is 29.3 Å². The van der Waals surface area contributed by atoms with Crippen LogP contribution in [0.15, 0.2) is 18.2 Å². The van der Waals surface area contributed by atoms with Gasteiger partial charge in [0, 0.05) is 19.0 Å². The van der Waals surface area contributed by atoms with Gasteiger partial charge in [0.05, 0.1) is 16.9 Å². The van der Waals surface area contributed by atoms with E-state index >= 15 is 0 Å². The van der Waals surface area contributed by atoms with Gasteiger partial charge in [-0.2, -0.15) is 0 Å². The highest BCUT2D eigenvalue weighted by molar-refractivity contribution is 6.23. The number of carbonyl (C=O) groups is 4. The molecule has 9 nitrogen and oxygen atoms in total. The molecule has 1 saturated carbocycles. The van der Waals surface area contributed by atoms with Crippen molar-refractivity contribution in [2.45, 2.75) is 38.2 Å². The van der Waals surface area contributed by atoms with Gasteiger partial charge >= 0.3 is 5.97 Å². The molecule has 0 bridgehead atoms. The standard InChI is InChI=1S/C17H16N2O7/c20-12-6-1-2-7-13(12)26-14(21)8-9-18-16(22)10-4-3-5-11(19(24)25)15(10)17(18)23/h3-5,13H,1-2,6-9H2/t13-/m1/s1. The van der Waals surface area contributed by atoms with Crippen molar-refractivity contribution in [2.24, 2.45) is 0 Å². The zero-order chi connectivity index (χ0) is 18.8. The summed E-state index contributed by atoms with van der Waals surface area (Å²) in [4.78, 5) is 59.4. The zero-order valence-corrected chi connectivity index (χ0v) is 13.8. The van der Waals surface area contributed by atoms with Crippen LogP contribution >= 0.6 is 0 Å². The third kappa shape index (κ3) is 3.19. The lowest BCUT2D eigenvalue weighted by molar-refractivity contribution is -0.385. The summed E-state index contributed by atoms with van der Waals surface area (Å²) in [7, 11) is 0. The minimum Gasteiger partial charge on any atom is -0.454 e. The number of ketones is 1. The van der Waals surface area contributed by atoms with Crippen molar-refractivity contribution in [3.63, 3.8) is 0 Å². The summed E-state index contributed by atoms with van der Waals surface area (Å²) in [6.07, 6.45) is 1.39. The van der Waals surface area contributed by atoms with E-state index in [1.165, 1.54) is 12.1 Å². The highest BCUT2D eigenvalue weighted by atomic mass is 16.6. The van der Waals surface area contributed by atoms with Crippen LogP contribution in [0.4, 0.5) is 5.69 Å². The minimum absolute atomic E-state index is 0.0555. The summed E-state index contributed by atoms with van der Waals surface area (Å²) in [6, 6.07) is 3.81. The van der Waals surface area contributed by atoms with Crippen LogP contribution in [0.2, 0.25) is 0 Å². The number of amides is 2. The van der Waals surface area contributed by atoms with Gasteiger partial charge in [-0.25, -0.2) is 0 Å². The second-order valence-electron chi connectivity index (χ2n) is 6.16. The molecule has 1 aromatic carbocycles. The lowest BCUT2D eigenvalue weighted by atomic mass is 9.96. The maximum Gasteiger partial charge on any atom is 0.308 e. The predicted octanol–water partition coefficient (Wildman–Crippen LogP) is 1.64. The number of hydrogen-bond donors (Lipinski definition) is 0. The average Bonchev–Trinajstić information content (AvgIpc) is 2.86. The van der Waals surface area contributed by atoms with Gasteiger partial charge in [-0.15, -0.1) is 0 Å². The Morgan fingerprint density at radius 3 is 2.69 bits per heavy atom. The first-order chi connectivity index (χ1) is 12.4. The number of nitro benzene ring substituents is 1. The second kappa shape index (κ2) is 7.03. The van der Waals surface area contributed by atoms with Crippen molar-refractivity contribution in [3.8, 4) is 0 Å². The molecule has 0 N–H and O–H groups in total. The van der Waals surface area contributed by atoms with Gasteiger partial charge in [-0.1, -0.05) is 6.07 Å². The van der Waals surface area contributed by atoms with Crippen molar-refractivity contribution in [3.05, 3.63) is 39.4 Å². The van der Waals surface area contributed by atoms with Crippen molar-refractivity contribution in [2.75, 3.05) is 6.54 Å². The SMILES string of the molecule is O=C(CCN1C(=O)c2cccc([N+](=O)[O-])c2C1=O)O[C@@H]1CCCCC1=O. The van der Waals surface area contributed by atoms with E-state index in [2.05, 4.69) is 0 Å². The molecule has 3 rings (SSSR count). The fraction of sp³-hybridized carbons (Fsp3) is 0.412. The van der Waals surface area contributed by atoms with E-state index in [0.29, 0.717) is 12.8 Å². The molecule has 1 aromatic rings. The molecule has 9 heteroatoms. The van der Waals surface area contributed by atoms with Crippen LogP contribution in [-0.4, -0.2) is 46.0 Å². The Morgan fingerprint density at radius 1 is 1.23 bits per heavy atom. The molecular weight excluding hydrogens is 344 g/mol. The molecule has 0 unspecified atom stereocenters. The Bertz CT molecular complexity index is 817. The Hall–Kier alpha value is -3.10. The first-order valence-corrected chi connectivity index (χ1v) is 8.26. The fourth-order valence-corrected chi connectivity index (χ4v) is 3.17. The van der Waals surface area contributed by atoms with Crippen LogP contribution in [0.5, 0.6) is 0 Å². The van der Waals surface area contributed by atoms with Gasteiger partial charge in [0.25, 0.3) is 17.5 Å². The number of nitro groups is 1. The summed E-state index contributed by atoms with van der Waals surface area (Å²) in [5, 5.41) is 11.1. The number of benzene rings is 1. The Balaban J connectivity index is 1.66. The quantitative estimate of drug-likeness (QED) is 0.338. The maximum atomic E-state index is 12.4. The van der Waals surface area contributed by atoms with Crippen LogP contribution in [-0.2, 0) is 14.3 Å². The number of fused-ring (bicyclic) bond motifs is 1. The Labute approximate surface area is 148 Å². The summed E-state index contributed by atoms with van der Waals surface area (Å²) >= 11 is 0. The van der Waals surface area contributed by atoms with Crippen LogP contribution < -0.4 is 0 Å². The van der Waals surface area contributed by atoms with Crippen molar-refractivity contribution < 1.29 is 28.8 Å². The van der Waals surface area contributed by atoms with E-state index in [1.807, 2.05) is 0 Å². The van der Waals surface area contributed by atoms with Gasteiger partial charge < -0.3 is 4.74 Å². The number of rotatable bonds is 5. The van der Waals surface area contributed by atoms with E-state index in [1.54, 1.807) is 0 Å². The van der Waals surface area contributed by atoms with Gasteiger partial charge in [0.15, 0.2) is 11.9 Å². The van der Waals surface area contributed by atoms with E-state index in [4.69, 9.17) is 4.74 Å². The molecule has 1 atom stereocenters. The number of carbonyl (C=O) groups excluding carboxylic acids is 4. The number of esters is 1. The molecular formula is C17H16N2O7. The van der Waals surface area contributed by atoms with Crippen molar-refractivity contribution in [1.82, 2.24) is 4.90 Å². The molecule has 1 fully saturated rings. The maximum absolute atomic E-state index is 12.4. The molecule has 0 aromatic heterocycles. The van der Waals surface area contributed by atoms with E-state index in [0.717, 1.165) is 23.8 Å². The van der Waals surface area contributed by atoms with Gasteiger partial charge in [0.1, 0.15) is 5.56 Å². The van der Waals surface area contributed by atoms with Crippen LogP contribution in [0, 0.1) is 10.1 Å². The van der Waals surface area contributed by atoms with Crippen LogP contribution in [0.1, 0.15) is 52.8 Å². The smallest absolute Gasteiger partial charge is 0.308 e. The number of Topliss-reactive ketones (excluding diaryl/α,β-unsaturated/α-hetero) is 1. The summed E-state index contributed by atoms with van der Waals surface area (Å²) < 4.78 is 5.13. The lowest BCUT2D eigenvalue weighted by Crippen LogP contribution is -2.34. The van der Waals surface area contributed by atoms with E-state index in [-0.39, 0.29) is 29.9 Å². The number of ether oxygens (including phenoxy) is 1. The molecule has 136 valence electrons. The minimum atomic E-state index is -0.807. The summed E-state index contributed by atoms with van der Waals surface area (Å²) in [5.74, 6) is -2.30. The number of nitrogens with zero attached hydrogens (tertiary/aromatic N) is 2. The molecule has 2 amide bonds.